The lowest BCUT2D eigenvalue weighted by molar-refractivity contribution is 0.0741. The van der Waals surface area contributed by atoms with E-state index in [0.29, 0.717) is 0 Å². The van der Waals surface area contributed by atoms with Gasteiger partial charge in [-0.2, -0.15) is 0 Å². The Bertz CT molecular complexity index is 1050. The van der Waals surface area contributed by atoms with Crippen LogP contribution in [0, 0.1) is 5.82 Å². The standard InChI is InChI=1S/C20H21FN2O4S/c1-12(2)23-20(25)17-10-7-15(11-18(17)28(23,26)27)19(24)22(4)13(3)14-5-8-16(21)9-6-14/h5-13H,1-4H3. The van der Waals surface area contributed by atoms with E-state index < -0.39 is 27.9 Å². The molecule has 0 aromatic heterocycles. The van der Waals surface area contributed by atoms with Gasteiger partial charge in [-0.15, -0.1) is 0 Å². The molecule has 6 nitrogen and oxygen atoms in total. The maximum atomic E-state index is 13.1. The van der Waals surface area contributed by atoms with Gasteiger partial charge in [0.05, 0.1) is 11.6 Å². The number of amides is 2. The van der Waals surface area contributed by atoms with Gasteiger partial charge in [-0.25, -0.2) is 17.1 Å². The summed E-state index contributed by atoms with van der Waals surface area (Å²) in [5.74, 6) is -1.35. The van der Waals surface area contributed by atoms with Gasteiger partial charge in [-0.3, -0.25) is 9.59 Å². The molecule has 0 bridgehead atoms. The average Bonchev–Trinajstić information content (AvgIpc) is 2.85. The highest BCUT2D eigenvalue weighted by molar-refractivity contribution is 7.90. The summed E-state index contributed by atoms with van der Waals surface area (Å²) in [7, 11) is -2.40. The maximum Gasteiger partial charge on any atom is 0.269 e. The van der Waals surface area contributed by atoms with Gasteiger partial charge in [0, 0.05) is 18.7 Å². The first-order valence-corrected chi connectivity index (χ1v) is 10.2. The number of hydrogen-bond donors (Lipinski definition) is 0. The molecular formula is C20H21FN2O4S. The Morgan fingerprint density at radius 3 is 2.25 bits per heavy atom. The lowest BCUT2D eigenvalue weighted by Gasteiger charge is -2.25. The fraction of sp³-hybridized carbons (Fsp3) is 0.300. The summed E-state index contributed by atoms with van der Waals surface area (Å²) in [6, 6.07) is 9.02. The molecule has 1 heterocycles. The van der Waals surface area contributed by atoms with Gasteiger partial charge in [0.15, 0.2) is 0 Å². The Morgan fingerprint density at radius 1 is 1.07 bits per heavy atom. The highest BCUT2D eigenvalue weighted by Gasteiger charge is 2.43. The van der Waals surface area contributed by atoms with E-state index in [9.17, 15) is 22.4 Å². The Labute approximate surface area is 163 Å². The van der Waals surface area contributed by atoms with Crippen LogP contribution >= 0.6 is 0 Å². The second kappa shape index (κ2) is 7.01. The molecular weight excluding hydrogens is 383 g/mol. The van der Waals surface area contributed by atoms with Crippen molar-refractivity contribution in [2.75, 3.05) is 7.05 Å². The number of halogens is 1. The molecule has 1 atom stereocenters. The summed E-state index contributed by atoms with van der Waals surface area (Å²) in [6.07, 6.45) is 0. The first-order chi connectivity index (χ1) is 13.1. The molecule has 0 N–H and O–H groups in total. The monoisotopic (exact) mass is 404 g/mol. The van der Waals surface area contributed by atoms with E-state index in [2.05, 4.69) is 0 Å². The molecule has 1 aliphatic heterocycles. The first kappa shape index (κ1) is 20.0. The molecule has 1 aliphatic rings. The smallest absolute Gasteiger partial charge is 0.269 e. The maximum absolute atomic E-state index is 13.1. The molecule has 0 saturated heterocycles. The molecule has 28 heavy (non-hydrogen) atoms. The van der Waals surface area contributed by atoms with E-state index in [1.807, 2.05) is 0 Å². The van der Waals surface area contributed by atoms with Crippen LogP contribution in [-0.2, 0) is 10.0 Å². The molecule has 2 aromatic carbocycles. The number of nitrogens with zero attached hydrogens (tertiary/aromatic N) is 2. The lowest BCUT2D eigenvalue weighted by atomic mass is 10.1. The summed E-state index contributed by atoms with van der Waals surface area (Å²) in [5.41, 5.74) is 0.976. The first-order valence-electron chi connectivity index (χ1n) is 8.81. The number of hydrogen-bond acceptors (Lipinski definition) is 4. The predicted molar refractivity (Wildman–Crippen MR) is 102 cm³/mol. The van der Waals surface area contributed by atoms with Crippen molar-refractivity contribution in [1.82, 2.24) is 9.21 Å². The van der Waals surface area contributed by atoms with E-state index >= 15 is 0 Å². The van der Waals surface area contributed by atoms with Crippen molar-refractivity contribution in [3.05, 3.63) is 65.0 Å². The normalized spacial score (nSPS) is 16.2. The van der Waals surface area contributed by atoms with Gasteiger partial charge in [0.25, 0.3) is 21.8 Å². The van der Waals surface area contributed by atoms with Crippen LogP contribution in [0.1, 0.15) is 53.1 Å². The van der Waals surface area contributed by atoms with Crippen LogP contribution in [-0.4, -0.2) is 42.5 Å². The number of carbonyl (C=O) groups excluding carboxylic acids is 2. The Balaban J connectivity index is 1.94. The quantitative estimate of drug-likeness (QED) is 0.784. The lowest BCUT2D eigenvalue weighted by Crippen LogP contribution is -2.36. The van der Waals surface area contributed by atoms with Crippen molar-refractivity contribution in [2.24, 2.45) is 0 Å². The molecule has 0 saturated carbocycles. The summed E-state index contributed by atoms with van der Waals surface area (Å²) >= 11 is 0. The number of sulfonamides is 1. The summed E-state index contributed by atoms with van der Waals surface area (Å²) < 4.78 is 39.4. The van der Waals surface area contributed by atoms with Crippen LogP contribution in [0.5, 0.6) is 0 Å². The SMILES string of the molecule is CC(c1ccc(F)cc1)N(C)C(=O)c1ccc2c(c1)S(=O)(=O)N(C(C)C)C2=O. The van der Waals surface area contributed by atoms with Crippen LogP contribution in [0.3, 0.4) is 0 Å². The van der Waals surface area contributed by atoms with Gasteiger partial charge < -0.3 is 4.90 Å². The topological polar surface area (TPSA) is 74.8 Å². The largest absolute Gasteiger partial charge is 0.335 e. The van der Waals surface area contributed by atoms with E-state index in [4.69, 9.17) is 0 Å². The Hall–Kier alpha value is -2.74. The van der Waals surface area contributed by atoms with Crippen molar-refractivity contribution in [2.45, 2.75) is 37.8 Å². The van der Waals surface area contributed by atoms with Crippen LogP contribution in [0.25, 0.3) is 0 Å². The zero-order chi connectivity index (χ0) is 20.8. The van der Waals surface area contributed by atoms with Crippen molar-refractivity contribution in [1.29, 1.82) is 0 Å². The van der Waals surface area contributed by atoms with Gasteiger partial charge in [0.1, 0.15) is 10.7 Å². The molecule has 1 unspecified atom stereocenters. The van der Waals surface area contributed by atoms with Crippen molar-refractivity contribution in [3.63, 3.8) is 0 Å². The van der Waals surface area contributed by atoms with Crippen molar-refractivity contribution >= 4 is 21.8 Å². The van der Waals surface area contributed by atoms with Crippen LogP contribution in [0.2, 0.25) is 0 Å². The number of benzene rings is 2. The summed E-state index contributed by atoms with van der Waals surface area (Å²) in [5, 5.41) is 0. The van der Waals surface area contributed by atoms with Gasteiger partial charge in [-0.1, -0.05) is 12.1 Å². The second-order valence-electron chi connectivity index (χ2n) is 7.05. The zero-order valence-corrected chi connectivity index (χ0v) is 16.8. The van der Waals surface area contributed by atoms with Gasteiger partial charge in [-0.05, 0) is 56.7 Å². The molecule has 2 amide bonds. The van der Waals surface area contributed by atoms with Crippen LogP contribution < -0.4 is 0 Å². The molecule has 3 rings (SSSR count). The highest BCUT2D eigenvalue weighted by Crippen LogP contribution is 2.33. The molecule has 0 radical (unpaired) electrons. The molecule has 0 fully saturated rings. The number of rotatable bonds is 4. The average molecular weight is 404 g/mol. The Kier molecular flexibility index (Phi) is 5.01. The van der Waals surface area contributed by atoms with Gasteiger partial charge in [0.2, 0.25) is 0 Å². The summed E-state index contributed by atoms with van der Waals surface area (Å²) in [4.78, 5) is 26.6. The van der Waals surface area contributed by atoms with Crippen LogP contribution in [0.4, 0.5) is 4.39 Å². The minimum absolute atomic E-state index is 0.0690. The predicted octanol–water partition coefficient (Wildman–Crippen LogP) is 3.21. The fourth-order valence-corrected chi connectivity index (χ4v) is 5.03. The van der Waals surface area contributed by atoms with Crippen LogP contribution in [0.15, 0.2) is 47.4 Å². The minimum atomic E-state index is -3.98. The molecule has 0 spiro atoms. The molecule has 148 valence electrons. The van der Waals surface area contributed by atoms with Gasteiger partial charge >= 0.3 is 0 Å². The van der Waals surface area contributed by atoms with E-state index in [0.717, 1.165) is 9.87 Å². The Morgan fingerprint density at radius 2 is 1.68 bits per heavy atom. The minimum Gasteiger partial charge on any atom is -0.335 e. The zero-order valence-electron chi connectivity index (χ0n) is 16.0. The molecule has 0 aliphatic carbocycles. The highest BCUT2D eigenvalue weighted by atomic mass is 32.2. The fourth-order valence-electron chi connectivity index (χ4n) is 3.24. The number of fused-ring (bicyclic) bond motifs is 1. The summed E-state index contributed by atoms with van der Waals surface area (Å²) in [6.45, 7) is 5.02. The third-order valence-corrected chi connectivity index (χ3v) is 6.92. The van der Waals surface area contributed by atoms with E-state index in [1.165, 1.54) is 35.2 Å². The third-order valence-electron chi connectivity index (χ3n) is 4.92. The third kappa shape index (κ3) is 3.17. The van der Waals surface area contributed by atoms with E-state index in [-0.39, 0.29) is 27.9 Å². The molecule has 8 heteroatoms. The van der Waals surface area contributed by atoms with E-state index in [1.54, 1.807) is 40.0 Å². The van der Waals surface area contributed by atoms with Crippen molar-refractivity contribution < 1.29 is 22.4 Å². The second-order valence-corrected chi connectivity index (χ2v) is 8.84. The molecule has 2 aromatic rings. The van der Waals surface area contributed by atoms with Crippen molar-refractivity contribution in [3.8, 4) is 0 Å². The number of carbonyl (C=O) groups is 2.